The summed E-state index contributed by atoms with van der Waals surface area (Å²) in [5.41, 5.74) is 2.88. The Morgan fingerprint density at radius 2 is 2.00 bits per heavy atom. The molecule has 0 aliphatic heterocycles. The molecule has 3 heteroatoms. The predicted octanol–water partition coefficient (Wildman–Crippen LogP) is 5.24. The SMILES string of the molecule is Cc1cc(C)c(C(Cl)c2cc3c(s2)CCC3)s1. The van der Waals surface area contributed by atoms with Crippen molar-refractivity contribution in [3.05, 3.63) is 42.8 Å². The summed E-state index contributed by atoms with van der Waals surface area (Å²) < 4.78 is 0. The molecule has 0 radical (unpaired) electrons. The summed E-state index contributed by atoms with van der Waals surface area (Å²) in [4.78, 5) is 5.58. The summed E-state index contributed by atoms with van der Waals surface area (Å²) in [6, 6.07) is 4.57. The molecule has 1 unspecified atom stereocenters. The lowest BCUT2D eigenvalue weighted by Crippen LogP contribution is -1.88. The lowest BCUT2D eigenvalue weighted by molar-refractivity contribution is 0.913. The minimum atomic E-state index is 0.0595. The van der Waals surface area contributed by atoms with Crippen LogP contribution >= 0.6 is 34.3 Å². The first-order valence-electron chi connectivity index (χ1n) is 5.97. The molecule has 0 saturated carbocycles. The summed E-state index contributed by atoms with van der Waals surface area (Å²) in [5.74, 6) is 0. The molecule has 1 aliphatic carbocycles. The van der Waals surface area contributed by atoms with Crippen molar-refractivity contribution in [2.45, 2.75) is 38.5 Å². The first-order valence-corrected chi connectivity index (χ1v) is 8.04. The number of alkyl halides is 1. The third-order valence-electron chi connectivity index (χ3n) is 3.33. The van der Waals surface area contributed by atoms with Gasteiger partial charge in [-0.25, -0.2) is 0 Å². The lowest BCUT2D eigenvalue weighted by atomic mass is 10.2. The van der Waals surface area contributed by atoms with Gasteiger partial charge in [-0.05, 0) is 56.4 Å². The minimum absolute atomic E-state index is 0.0595. The van der Waals surface area contributed by atoms with Gasteiger partial charge in [-0.2, -0.15) is 0 Å². The molecule has 0 spiro atoms. The van der Waals surface area contributed by atoms with Gasteiger partial charge in [-0.3, -0.25) is 0 Å². The van der Waals surface area contributed by atoms with Crippen LogP contribution in [0.4, 0.5) is 0 Å². The van der Waals surface area contributed by atoms with Crippen molar-refractivity contribution in [3.8, 4) is 0 Å². The number of fused-ring (bicyclic) bond motifs is 1. The molecular weight excluding hydrogens is 268 g/mol. The fourth-order valence-electron chi connectivity index (χ4n) is 2.52. The molecule has 17 heavy (non-hydrogen) atoms. The van der Waals surface area contributed by atoms with Crippen molar-refractivity contribution < 1.29 is 0 Å². The zero-order chi connectivity index (χ0) is 12.0. The fourth-order valence-corrected chi connectivity index (χ4v) is 5.37. The Balaban J connectivity index is 1.95. The number of aryl methyl sites for hydroxylation is 4. The van der Waals surface area contributed by atoms with Crippen LogP contribution in [0.3, 0.4) is 0 Å². The summed E-state index contributed by atoms with van der Waals surface area (Å²) in [5, 5.41) is 0.0595. The van der Waals surface area contributed by atoms with Crippen molar-refractivity contribution in [3.63, 3.8) is 0 Å². The summed E-state index contributed by atoms with van der Waals surface area (Å²) in [6.45, 7) is 4.31. The van der Waals surface area contributed by atoms with Crippen LogP contribution < -0.4 is 0 Å². The zero-order valence-corrected chi connectivity index (χ0v) is 12.4. The van der Waals surface area contributed by atoms with Crippen LogP contribution in [0.25, 0.3) is 0 Å². The molecular formula is C14H15ClS2. The monoisotopic (exact) mass is 282 g/mol. The Kier molecular flexibility index (Phi) is 3.06. The largest absolute Gasteiger partial charge is 0.143 e. The maximum Gasteiger partial charge on any atom is 0.102 e. The van der Waals surface area contributed by atoms with Crippen LogP contribution in [0.1, 0.15) is 42.4 Å². The van der Waals surface area contributed by atoms with Crippen molar-refractivity contribution in [1.29, 1.82) is 0 Å². The highest BCUT2D eigenvalue weighted by Gasteiger charge is 2.22. The van der Waals surface area contributed by atoms with Gasteiger partial charge in [0.15, 0.2) is 0 Å². The lowest BCUT2D eigenvalue weighted by Gasteiger charge is -2.06. The molecule has 0 saturated heterocycles. The van der Waals surface area contributed by atoms with E-state index in [2.05, 4.69) is 26.0 Å². The van der Waals surface area contributed by atoms with E-state index >= 15 is 0 Å². The van der Waals surface area contributed by atoms with Crippen molar-refractivity contribution in [1.82, 2.24) is 0 Å². The summed E-state index contributed by atoms with van der Waals surface area (Å²) in [7, 11) is 0. The van der Waals surface area contributed by atoms with E-state index in [4.69, 9.17) is 11.6 Å². The first-order chi connectivity index (χ1) is 8.15. The Labute approximate surface area is 115 Å². The van der Waals surface area contributed by atoms with E-state index in [1.165, 1.54) is 39.5 Å². The van der Waals surface area contributed by atoms with E-state index in [1.807, 2.05) is 22.7 Å². The first kappa shape index (κ1) is 11.8. The Morgan fingerprint density at radius 3 is 2.65 bits per heavy atom. The highest BCUT2D eigenvalue weighted by atomic mass is 35.5. The predicted molar refractivity (Wildman–Crippen MR) is 77.8 cm³/mol. The van der Waals surface area contributed by atoms with Gasteiger partial charge in [0.1, 0.15) is 5.38 Å². The van der Waals surface area contributed by atoms with Gasteiger partial charge < -0.3 is 0 Å². The van der Waals surface area contributed by atoms with Crippen LogP contribution in [0.2, 0.25) is 0 Å². The molecule has 90 valence electrons. The van der Waals surface area contributed by atoms with Gasteiger partial charge in [0.2, 0.25) is 0 Å². The van der Waals surface area contributed by atoms with Gasteiger partial charge in [0.05, 0.1) is 0 Å². The van der Waals surface area contributed by atoms with Crippen LogP contribution in [0.15, 0.2) is 12.1 Å². The van der Waals surface area contributed by atoms with E-state index in [0.717, 1.165) is 0 Å². The zero-order valence-electron chi connectivity index (χ0n) is 10.0. The highest BCUT2D eigenvalue weighted by Crippen LogP contribution is 2.42. The van der Waals surface area contributed by atoms with Crippen LogP contribution in [-0.4, -0.2) is 0 Å². The maximum atomic E-state index is 6.64. The molecule has 0 aromatic carbocycles. The quantitative estimate of drug-likeness (QED) is 0.661. The molecule has 1 aliphatic rings. The second-order valence-electron chi connectivity index (χ2n) is 4.72. The Hall–Kier alpha value is -0.310. The number of hydrogen-bond acceptors (Lipinski definition) is 2. The number of halogens is 1. The summed E-state index contributed by atoms with van der Waals surface area (Å²) >= 11 is 10.4. The van der Waals surface area contributed by atoms with E-state index < -0.39 is 0 Å². The molecule has 3 rings (SSSR count). The molecule has 0 amide bonds. The standard InChI is InChI=1S/C14H15ClS2/c1-8-6-9(2)16-14(8)13(15)12-7-10-4-3-5-11(10)17-12/h6-7,13H,3-5H2,1-2H3. The topological polar surface area (TPSA) is 0 Å². The second kappa shape index (κ2) is 4.42. The van der Waals surface area contributed by atoms with E-state index in [1.54, 1.807) is 10.4 Å². The molecule has 2 aromatic heterocycles. The van der Waals surface area contributed by atoms with Gasteiger partial charge in [0.25, 0.3) is 0 Å². The molecule has 0 nitrogen and oxygen atoms in total. The molecule has 2 heterocycles. The van der Waals surface area contributed by atoms with Crippen LogP contribution in [0, 0.1) is 13.8 Å². The number of hydrogen-bond donors (Lipinski definition) is 0. The Bertz CT molecular complexity index is 529. The van der Waals surface area contributed by atoms with Crippen molar-refractivity contribution >= 4 is 34.3 Å². The third-order valence-corrected chi connectivity index (χ3v) is 6.56. The van der Waals surface area contributed by atoms with Gasteiger partial charge >= 0.3 is 0 Å². The third kappa shape index (κ3) is 2.07. The van der Waals surface area contributed by atoms with E-state index in [0.29, 0.717) is 0 Å². The van der Waals surface area contributed by atoms with E-state index in [9.17, 15) is 0 Å². The maximum absolute atomic E-state index is 6.64. The molecule has 2 aromatic rings. The Morgan fingerprint density at radius 1 is 1.18 bits per heavy atom. The van der Waals surface area contributed by atoms with Crippen molar-refractivity contribution in [2.24, 2.45) is 0 Å². The highest BCUT2D eigenvalue weighted by molar-refractivity contribution is 7.14. The average molecular weight is 283 g/mol. The average Bonchev–Trinajstić information content (AvgIpc) is 2.90. The van der Waals surface area contributed by atoms with E-state index in [-0.39, 0.29) is 5.38 Å². The molecule has 0 fully saturated rings. The minimum Gasteiger partial charge on any atom is -0.143 e. The summed E-state index contributed by atoms with van der Waals surface area (Å²) in [6.07, 6.45) is 3.83. The van der Waals surface area contributed by atoms with Crippen LogP contribution in [0.5, 0.6) is 0 Å². The smallest absolute Gasteiger partial charge is 0.102 e. The molecule has 0 N–H and O–H groups in total. The van der Waals surface area contributed by atoms with Gasteiger partial charge in [-0.15, -0.1) is 34.3 Å². The molecule has 0 bridgehead atoms. The molecule has 1 atom stereocenters. The fraction of sp³-hybridized carbons (Fsp3) is 0.429. The number of thiophene rings is 2. The number of rotatable bonds is 2. The second-order valence-corrected chi connectivity index (χ2v) is 7.61. The normalized spacial score (nSPS) is 16.2. The van der Waals surface area contributed by atoms with Gasteiger partial charge in [-0.1, -0.05) is 0 Å². The van der Waals surface area contributed by atoms with Gasteiger partial charge in [0, 0.05) is 19.5 Å². The van der Waals surface area contributed by atoms with Crippen molar-refractivity contribution in [2.75, 3.05) is 0 Å². The van der Waals surface area contributed by atoms with Crippen LogP contribution in [-0.2, 0) is 12.8 Å².